The van der Waals surface area contributed by atoms with Crippen molar-refractivity contribution in [1.29, 1.82) is 0 Å². The summed E-state index contributed by atoms with van der Waals surface area (Å²) in [6.07, 6.45) is -14.2. The van der Waals surface area contributed by atoms with Crippen molar-refractivity contribution >= 4 is 41.7 Å². The van der Waals surface area contributed by atoms with Crippen LogP contribution in [0.15, 0.2) is 0 Å². The molecule has 44 heavy (non-hydrogen) atoms. The fourth-order valence-corrected chi connectivity index (χ4v) is 4.60. The van der Waals surface area contributed by atoms with Crippen LogP contribution in [0.1, 0.15) is 48.5 Å². The molecular formula is C26H37NO17. The fourth-order valence-electron chi connectivity index (χ4n) is 4.60. The quantitative estimate of drug-likeness (QED) is 0.188. The summed E-state index contributed by atoms with van der Waals surface area (Å²) in [4.78, 5) is 83.7. The van der Waals surface area contributed by atoms with E-state index in [0.29, 0.717) is 0 Å². The van der Waals surface area contributed by atoms with E-state index < -0.39 is 116 Å². The van der Waals surface area contributed by atoms with Crippen LogP contribution in [0.3, 0.4) is 0 Å². The number of aliphatic hydroxyl groups is 1. The van der Waals surface area contributed by atoms with Crippen molar-refractivity contribution in [3.05, 3.63) is 0 Å². The lowest BCUT2D eigenvalue weighted by atomic mass is 9.94. The van der Waals surface area contributed by atoms with Gasteiger partial charge in [0.25, 0.3) is 0 Å². The van der Waals surface area contributed by atoms with Gasteiger partial charge in [0, 0.05) is 48.5 Å². The zero-order valence-electron chi connectivity index (χ0n) is 25.2. The van der Waals surface area contributed by atoms with E-state index in [-0.39, 0.29) is 0 Å². The van der Waals surface area contributed by atoms with E-state index in [0.717, 1.165) is 48.5 Å². The molecule has 2 aliphatic rings. The Hall–Kier alpha value is -3.87. The molecule has 0 aromatic carbocycles. The van der Waals surface area contributed by atoms with E-state index >= 15 is 0 Å². The van der Waals surface area contributed by atoms with Crippen LogP contribution >= 0.6 is 0 Å². The number of rotatable bonds is 11. The zero-order chi connectivity index (χ0) is 33.3. The molecule has 2 fully saturated rings. The van der Waals surface area contributed by atoms with Gasteiger partial charge in [-0.3, -0.25) is 33.6 Å². The van der Waals surface area contributed by atoms with Crippen LogP contribution in [-0.4, -0.2) is 121 Å². The van der Waals surface area contributed by atoms with Gasteiger partial charge in [-0.05, 0) is 0 Å². The number of hydrogen-bond donors (Lipinski definition) is 2. The van der Waals surface area contributed by atoms with Crippen LogP contribution < -0.4 is 5.32 Å². The number of carbonyl (C=O) groups excluding carboxylic acids is 7. The van der Waals surface area contributed by atoms with Gasteiger partial charge in [0.1, 0.15) is 37.6 Å². The van der Waals surface area contributed by atoms with Gasteiger partial charge in [-0.25, -0.2) is 0 Å². The largest absolute Gasteiger partial charge is 0.463 e. The third-order valence-electron chi connectivity index (χ3n) is 6.03. The number of carbonyl (C=O) groups is 7. The number of ether oxygens (including phenoxy) is 9. The van der Waals surface area contributed by atoms with Crippen LogP contribution in [0.4, 0.5) is 0 Å². The molecule has 0 aromatic rings. The van der Waals surface area contributed by atoms with E-state index in [4.69, 9.17) is 42.6 Å². The first kappa shape index (κ1) is 36.3. The van der Waals surface area contributed by atoms with Crippen LogP contribution in [-0.2, 0) is 76.2 Å². The fraction of sp³-hybridized carbons (Fsp3) is 0.731. The number of hydrogen-bond acceptors (Lipinski definition) is 17. The van der Waals surface area contributed by atoms with Crippen molar-refractivity contribution in [1.82, 2.24) is 5.32 Å². The highest BCUT2D eigenvalue weighted by Crippen LogP contribution is 2.33. The third-order valence-corrected chi connectivity index (χ3v) is 6.03. The summed E-state index contributed by atoms with van der Waals surface area (Å²) in [5.41, 5.74) is 0. The summed E-state index contributed by atoms with van der Waals surface area (Å²) < 4.78 is 49.0. The Morgan fingerprint density at radius 2 is 0.977 bits per heavy atom. The number of amides is 1. The lowest BCUT2D eigenvalue weighted by Gasteiger charge is -2.48. The van der Waals surface area contributed by atoms with E-state index in [1.54, 1.807) is 0 Å². The minimum absolute atomic E-state index is 0.544. The SMILES string of the molecule is CC(=O)NC1[C@H](O[C@@H]2C(OC(C)=O)[C@H](O)OC(COC(C)=O)[C@@H]2OC(C)=O)OC(COC(C)=O)[C@@H](OC(C)=O)[C@@H]1OC(C)=O. The van der Waals surface area contributed by atoms with Crippen LogP contribution in [0, 0.1) is 0 Å². The summed E-state index contributed by atoms with van der Waals surface area (Å²) in [5.74, 6) is -5.65. The minimum atomic E-state index is -1.92. The van der Waals surface area contributed by atoms with Crippen molar-refractivity contribution in [3.63, 3.8) is 0 Å². The van der Waals surface area contributed by atoms with E-state index in [9.17, 15) is 38.7 Å². The average molecular weight is 636 g/mol. The van der Waals surface area contributed by atoms with E-state index in [1.165, 1.54) is 0 Å². The van der Waals surface area contributed by atoms with Crippen molar-refractivity contribution in [3.8, 4) is 0 Å². The second kappa shape index (κ2) is 16.3. The van der Waals surface area contributed by atoms with Gasteiger partial charge < -0.3 is 53.1 Å². The Morgan fingerprint density at radius 3 is 1.41 bits per heavy atom. The first-order valence-electron chi connectivity index (χ1n) is 13.4. The summed E-state index contributed by atoms with van der Waals surface area (Å²) in [5, 5.41) is 13.3. The Kier molecular flexibility index (Phi) is 13.4. The average Bonchev–Trinajstić information content (AvgIpc) is 2.87. The maximum absolute atomic E-state index is 12.3. The molecule has 0 spiro atoms. The molecule has 2 N–H and O–H groups in total. The molecule has 0 aliphatic carbocycles. The molecule has 2 saturated heterocycles. The second-order valence-corrected chi connectivity index (χ2v) is 9.84. The highest BCUT2D eigenvalue weighted by atomic mass is 16.7. The van der Waals surface area contributed by atoms with Gasteiger partial charge in [-0.1, -0.05) is 0 Å². The minimum Gasteiger partial charge on any atom is -0.463 e. The molecule has 18 nitrogen and oxygen atoms in total. The van der Waals surface area contributed by atoms with Crippen LogP contribution in [0.2, 0.25) is 0 Å². The van der Waals surface area contributed by atoms with E-state index in [2.05, 4.69) is 5.32 Å². The maximum atomic E-state index is 12.3. The molecular weight excluding hydrogens is 598 g/mol. The molecule has 248 valence electrons. The summed E-state index contributed by atoms with van der Waals surface area (Å²) in [6, 6.07) is -1.46. The smallest absolute Gasteiger partial charge is 0.303 e. The summed E-state index contributed by atoms with van der Waals surface area (Å²) in [6.45, 7) is 6.38. The molecule has 0 bridgehead atoms. The predicted octanol–water partition coefficient (Wildman–Crippen LogP) is -1.83. The van der Waals surface area contributed by atoms with Crippen LogP contribution in [0.25, 0.3) is 0 Å². The molecule has 2 aliphatic heterocycles. The third kappa shape index (κ3) is 10.7. The Balaban J connectivity index is 2.66. The highest BCUT2D eigenvalue weighted by molar-refractivity contribution is 5.74. The van der Waals surface area contributed by atoms with Crippen molar-refractivity contribution < 1.29 is 81.3 Å². The topological polar surface area (TPSA) is 235 Å². The monoisotopic (exact) mass is 635 g/mol. The van der Waals surface area contributed by atoms with Gasteiger partial charge >= 0.3 is 35.8 Å². The van der Waals surface area contributed by atoms with E-state index in [1.807, 2.05) is 0 Å². The van der Waals surface area contributed by atoms with Gasteiger partial charge in [-0.15, -0.1) is 0 Å². The molecule has 0 saturated carbocycles. The second-order valence-electron chi connectivity index (χ2n) is 9.84. The van der Waals surface area contributed by atoms with Gasteiger partial charge in [0.15, 0.2) is 37.0 Å². The van der Waals surface area contributed by atoms with Crippen molar-refractivity contribution in [2.75, 3.05) is 13.2 Å². The molecule has 4 unspecified atom stereocenters. The maximum Gasteiger partial charge on any atom is 0.303 e. The first-order valence-corrected chi connectivity index (χ1v) is 13.4. The highest BCUT2D eigenvalue weighted by Gasteiger charge is 2.56. The predicted molar refractivity (Wildman–Crippen MR) is 138 cm³/mol. The molecule has 1 amide bonds. The molecule has 2 rings (SSSR count). The normalized spacial score (nSPS) is 31.5. The molecule has 0 aromatic heterocycles. The number of esters is 6. The molecule has 2 heterocycles. The summed E-state index contributed by atoms with van der Waals surface area (Å²) in [7, 11) is 0. The number of aliphatic hydroxyl groups excluding tert-OH is 1. The Bertz CT molecular complexity index is 1090. The lowest BCUT2D eigenvalue weighted by molar-refractivity contribution is -0.344. The summed E-state index contributed by atoms with van der Waals surface area (Å²) >= 11 is 0. The molecule has 0 radical (unpaired) electrons. The molecule has 18 heteroatoms. The standard InChI is InChI=1S/C26H37NO17/c1-10(28)27-19-22(40-15(6)33)20(38-13(4)31)18(9-37-12(3)30)43-26(19)44-23-21(39-14(5)32)17(8-36-11(2)29)42-25(35)24(23)41-16(7)34/h17-26,35H,8-9H2,1-7H3,(H,27,28)/t17?,18?,19?,20-,21+,22-,23+,24?,25-,26+/m1/s1. The lowest BCUT2D eigenvalue weighted by Crippen LogP contribution is -2.69. The zero-order valence-corrected chi connectivity index (χ0v) is 25.2. The van der Waals surface area contributed by atoms with Crippen molar-refractivity contribution in [2.45, 2.75) is 110 Å². The van der Waals surface area contributed by atoms with Crippen LogP contribution in [0.5, 0.6) is 0 Å². The van der Waals surface area contributed by atoms with Gasteiger partial charge in [-0.2, -0.15) is 0 Å². The Labute approximate surface area is 251 Å². The van der Waals surface area contributed by atoms with Crippen molar-refractivity contribution in [2.24, 2.45) is 0 Å². The van der Waals surface area contributed by atoms with Gasteiger partial charge in [0.2, 0.25) is 5.91 Å². The molecule has 10 atom stereocenters. The number of nitrogens with one attached hydrogen (secondary N) is 1. The Morgan fingerprint density at radius 1 is 0.568 bits per heavy atom. The first-order chi connectivity index (χ1) is 20.5. The van der Waals surface area contributed by atoms with Gasteiger partial charge in [0.05, 0.1) is 0 Å².